The van der Waals surface area contributed by atoms with Crippen LogP contribution in [0, 0.1) is 0 Å². The fourth-order valence-electron chi connectivity index (χ4n) is 4.44. The Morgan fingerprint density at radius 2 is 1.83 bits per heavy atom. The molecular formula is C22H22N4O2S. The predicted octanol–water partition coefficient (Wildman–Crippen LogP) is 3.79. The minimum Gasteiger partial charge on any atom is -0.378 e. The molecule has 0 saturated carbocycles. The van der Waals surface area contributed by atoms with Gasteiger partial charge in [0.25, 0.3) is 5.56 Å². The van der Waals surface area contributed by atoms with E-state index >= 15 is 0 Å². The number of benzene rings is 1. The number of anilines is 2. The Balaban J connectivity index is 1.62. The molecule has 2 aliphatic rings. The molecule has 0 amide bonds. The Hall–Kier alpha value is -3.06. The third-order valence-electron chi connectivity index (χ3n) is 5.86. The van der Waals surface area contributed by atoms with Crippen LogP contribution in [0.25, 0.3) is 0 Å². The highest BCUT2D eigenvalue weighted by molar-refractivity contribution is 7.10. The van der Waals surface area contributed by atoms with Crippen molar-refractivity contribution in [3.05, 3.63) is 79.4 Å². The second-order valence-corrected chi connectivity index (χ2v) is 8.83. The van der Waals surface area contributed by atoms with Crippen LogP contribution in [0.3, 0.4) is 0 Å². The SMILES string of the molecule is CN(C)c1ccc(C2C3=C(CC(c4cccs4)CC3=O)Nc3[nH][nH]c(=O)c32)cc1. The van der Waals surface area contributed by atoms with Crippen LogP contribution in [0.5, 0.6) is 0 Å². The summed E-state index contributed by atoms with van der Waals surface area (Å²) in [6.07, 6.45) is 1.24. The molecule has 0 fully saturated rings. The first kappa shape index (κ1) is 18.0. The number of allylic oxidation sites excluding steroid dienone is 2. The topological polar surface area (TPSA) is 81.0 Å². The van der Waals surface area contributed by atoms with Crippen molar-refractivity contribution in [1.82, 2.24) is 10.2 Å². The first-order valence-electron chi connectivity index (χ1n) is 9.67. The number of nitrogens with one attached hydrogen (secondary N) is 3. The van der Waals surface area contributed by atoms with Crippen LogP contribution in [-0.2, 0) is 4.79 Å². The number of rotatable bonds is 3. The summed E-state index contributed by atoms with van der Waals surface area (Å²) < 4.78 is 0. The van der Waals surface area contributed by atoms with Crippen LogP contribution in [0.1, 0.15) is 40.7 Å². The van der Waals surface area contributed by atoms with Crippen LogP contribution >= 0.6 is 11.3 Å². The lowest BCUT2D eigenvalue weighted by Crippen LogP contribution is -2.31. The van der Waals surface area contributed by atoms with Crippen LogP contribution in [0.15, 0.2) is 57.8 Å². The number of aromatic nitrogens is 2. The van der Waals surface area contributed by atoms with Crippen molar-refractivity contribution in [3.63, 3.8) is 0 Å². The van der Waals surface area contributed by atoms with Gasteiger partial charge < -0.3 is 10.2 Å². The Kier molecular flexibility index (Phi) is 4.20. The van der Waals surface area contributed by atoms with E-state index in [2.05, 4.69) is 27.0 Å². The molecule has 6 nitrogen and oxygen atoms in total. The van der Waals surface area contributed by atoms with E-state index in [9.17, 15) is 9.59 Å². The van der Waals surface area contributed by atoms with Gasteiger partial charge in [0.2, 0.25) is 0 Å². The van der Waals surface area contributed by atoms with E-state index < -0.39 is 0 Å². The third kappa shape index (κ3) is 2.93. The molecule has 3 aromatic rings. The summed E-state index contributed by atoms with van der Waals surface area (Å²) in [7, 11) is 3.98. The van der Waals surface area contributed by atoms with Crippen LogP contribution in [0.2, 0.25) is 0 Å². The van der Waals surface area contributed by atoms with E-state index in [1.54, 1.807) is 11.3 Å². The van der Waals surface area contributed by atoms with Crippen molar-refractivity contribution < 1.29 is 4.79 Å². The summed E-state index contributed by atoms with van der Waals surface area (Å²) in [5, 5.41) is 11.0. The van der Waals surface area contributed by atoms with Crippen molar-refractivity contribution in [1.29, 1.82) is 0 Å². The first-order chi connectivity index (χ1) is 14.0. The van der Waals surface area contributed by atoms with E-state index in [-0.39, 0.29) is 23.2 Å². The molecule has 0 spiro atoms. The first-order valence-corrected chi connectivity index (χ1v) is 10.6. The molecule has 0 bridgehead atoms. The molecule has 1 aromatic carbocycles. The minimum atomic E-state index is -0.357. The normalized spacial score (nSPS) is 20.8. The quantitative estimate of drug-likeness (QED) is 0.618. The third-order valence-corrected chi connectivity index (χ3v) is 6.90. The molecule has 2 atom stereocenters. The number of ketones is 1. The van der Waals surface area contributed by atoms with Crippen LogP contribution in [0.4, 0.5) is 11.5 Å². The smallest absolute Gasteiger partial charge is 0.270 e. The Bertz CT molecular complexity index is 1150. The molecule has 1 aliphatic carbocycles. The fraction of sp³-hybridized carbons (Fsp3) is 0.273. The lowest BCUT2D eigenvalue weighted by atomic mass is 9.74. The van der Waals surface area contributed by atoms with Gasteiger partial charge in [0.1, 0.15) is 5.82 Å². The molecule has 5 rings (SSSR count). The lowest BCUT2D eigenvalue weighted by molar-refractivity contribution is -0.116. The average molecular weight is 407 g/mol. The van der Waals surface area contributed by atoms with Crippen molar-refractivity contribution in [2.24, 2.45) is 0 Å². The molecule has 3 heterocycles. The van der Waals surface area contributed by atoms with Gasteiger partial charge in [-0.1, -0.05) is 18.2 Å². The second-order valence-electron chi connectivity index (χ2n) is 7.85. The van der Waals surface area contributed by atoms with E-state index in [0.29, 0.717) is 17.8 Å². The van der Waals surface area contributed by atoms with Crippen molar-refractivity contribution in [2.75, 3.05) is 24.3 Å². The largest absolute Gasteiger partial charge is 0.378 e. The molecule has 29 heavy (non-hydrogen) atoms. The molecule has 3 N–H and O–H groups in total. The number of hydrogen-bond acceptors (Lipinski definition) is 5. The summed E-state index contributed by atoms with van der Waals surface area (Å²) in [5.41, 5.74) is 4.09. The highest BCUT2D eigenvalue weighted by Gasteiger charge is 2.40. The second kappa shape index (κ2) is 6.77. The zero-order valence-electron chi connectivity index (χ0n) is 16.3. The molecule has 2 aromatic heterocycles. The highest BCUT2D eigenvalue weighted by Crippen LogP contribution is 2.47. The van der Waals surface area contributed by atoms with Crippen molar-refractivity contribution >= 4 is 28.6 Å². The zero-order chi connectivity index (χ0) is 20.1. The average Bonchev–Trinajstić information content (AvgIpc) is 3.37. The van der Waals surface area contributed by atoms with Gasteiger partial charge in [0.05, 0.1) is 5.56 Å². The number of Topliss-reactive ketones (excluding diaryl/α,β-unsaturated/α-hetero) is 1. The molecule has 2 unspecified atom stereocenters. The number of carbonyl (C=O) groups excluding carboxylic acids is 1. The van der Waals surface area contributed by atoms with Gasteiger partial charge in [-0.25, -0.2) is 0 Å². The monoisotopic (exact) mass is 406 g/mol. The number of H-pyrrole nitrogens is 2. The van der Waals surface area contributed by atoms with E-state index in [4.69, 9.17) is 0 Å². The Morgan fingerprint density at radius 3 is 2.52 bits per heavy atom. The number of hydrogen-bond donors (Lipinski definition) is 3. The van der Waals surface area contributed by atoms with E-state index in [1.807, 2.05) is 49.3 Å². The van der Waals surface area contributed by atoms with Crippen molar-refractivity contribution in [2.45, 2.75) is 24.7 Å². The summed E-state index contributed by atoms with van der Waals surface area (Å²) in [6.45, 7) is 0. The Labute approximate surface area is 172 Å². The van der Waals surface area contributed by atoms with E-state index in [0.717, 1.165) is 28.9 Å². The summed E-state index contributed by atoms with van der Waals surface area (Å²) in [5.74, 6) is 0.599. The fourth-order valence-corrected chi connectivity index (χ4v) is 5.27. The summed E-state index contributed by atoms with van der Waals surface area (Å²) in [4.78, 5) is 29.2. The van der Waals surface area contributed by atoms with Gasteiger partial charge in [-0.15, -0.1) is 11.3 Å². The predicted molar refractivity (Wildman–Crippen MR) is 116 cm³/mol. The van der Waals surface area contributed by atoms with Gasteiger partial charge in [-0.2, -0.15) is 0 Å². The molecule has 148 valence electrons. The maximum Gasteiger partial charge on any atom is 0.270 e. The highest BCUT2D eigenvalue weighted by atomic mass is 32.1. The number of fused-ring (bicyclic) bond motifs is 1. The summed E-state index contributed by atoms with van der Waals surface area (Å²) >= 11 is 1.69. The van der Waals surface area contributed by atoms with E-state index in [1.165, 1.54) is 4.88 Å². The number of carbonyl (C=O) groups is 1. The molecule has 0 saturated heterocycles. The van der Waals surface area contributed by atoms with Gasteiger partial charge >= 0.3 is 0 Å². The maximum atomic E-state index is 13.3. The van der Waals surface area contributed by atoms with Crippen LogP contribution < -0.4 is 15.8 Å². The summed E-state index contributed by atoms with van der Waals surface area (Å²) in [6, 6.07) is 12.2. The number of aromatic amines is 2. The molecular weight excluding hydrogens is 384 g/mol. The van der Waals surface area contributed by atoms with Gasteiger partial charge in [0.15, 0.2) is 5.78 Å². The number of nitrogens with zero attached hydrogens (tertiary/aromatic N) is 1. The van der Waals surface area contributed by atoms with Gasteiger partial charge in [-0.05, 0) is 35.6 Å². The lowest BCUT2D eigenvalue weighted by Gasteiger charge is -2.34. The minimum absolute atomic E-state index is 0.116. The number of thiophene rings is 1. The zero-order valence-corrected chi connectivity index (χ0v) is 17.1. The molecule has 7 heteroatoms. The Morgan fingerprint density at radius 1 is 1.03 bits per heavy atom. The van der Waals surface area contributed by atoms with Crippen molar-refractivity contribution in [3.8, 4) is 0 Å². The standard InChI is InChI=1S/C22H22N4O2S/c1-26(2)14-7-5-12(6-8-14)18-19-15(23-21-20(18)22(28)25-24-21)10-13(11-16(19)27)17-4-3-9-29-17/h3-9,13,18H,10-11H2,1-2H3,(H3,23,24,25,28). The van der Waals surface area contributed by atoms with Gasteiger partial charge in [-0.3, -0.25) is 19.8 Å². The maximum absolute atomic E-state index is 13.3. The van der Waals surface area contributed by atoms with Gasteiger partial charge in [0, 0.05) is 54.2 Å². The van der Waals surface area contributed by atoms with Crippen LogP contribution in [-0.4, -0.2) is 30.1 Å². The molecule has 1 aliphatic heterocycles. The molecule has 0 radical (unpaired) electrons.